The van der Waals surface area contributed by atoms with Crippen LogP contribution in [0.2, 0.25) is 0 Å². The number of aryl methyl sites for hydroxylation is 1. The molecule has 112 valence electrons. The number of nitrogens with one attached hydrogen (secondary N) is 1. The molecule has 0 aliphatic heterocycles. The maximum absolute atomic E-state index is 3.51. The lowest BCUT2D eigenvalue weighted by Crippen LogP contribution is -2.29. The van der Waals surface area contributed by atoms with Crippen LogP contribution in [0, 0.1) is 18.8 Å². The van der Waals surface area contributed by atoms with E-state index in [1.54, 1.807) is 0 Å². The van der Waals surface area contributed by atoms with Gasteiger partial charge >= 0.3 is 0 Å². The molecular formula is C18H30N2. The summed E-state index contributed by atoms with van der Waals surface area (Å²) in [5, 5.41) is 3.51. The summed E-state index contributed by atoms with van der Waals surface area (Å²) < 4.78 is 0. The maximum atomic E-state index is 3.51. The first-order chi connectivity index (χ1) is 9.56. The summed E-state index contributed by atoms with van der Waals surface area (Å²) in [5.74, 6) is 1.63. The van der Waals surface area contributed by atoms with Gasteiger partial charge < -0.3 is 10.2 Å². The van der Waals surface area contributed by atoms with E-state index < -0.39 is 0 Å². The van der Waals surface area contributed by atoms with Gasteiger partial charge in [-0.2, -0.15) is 0 Å². The van der Waals surface area contributed by atoms with Crippen LogP contribution in [0.15, 0.2) is 18.2 Å². The van der Waals surface area contributed by atoms with Crippen molar-refractivity contribution in [3.05, 3.63) is 29.3 Å². The maximum Gasteiger partial charge on any atom is 0.0393 e. The molecule has 1 aliphatic carbocycles. The minimum absolute atomic E-state index is 0.712. The van der Waals surface area contributed by atoms with Crippen LogP contribution in [-0.4, -0.2) is 20.1 Å². The van der Waals surface area contributed by atoms with Crippen molar-refractivity contribution >= 4 is 5.69 Å². The summed E-state index contributed by atoms with van der Waals surface area (Å²) in [6.45, 7) is 10.0. The van der Waals surface area contributed by atoms with Crippen LogP contribution in [0.5, 0.6) is 0 Å². The Hall–Kier alpha value is -1.02. The first kappa shape index (κ1) is 15.4. The van der Waals surface area contributed by atoms with Crippen LogP contribution < -0.4 is 10.2 Å². The lowest BCUT2D eigenvalue weighted by Gasteiger charge is -2.32. The molecule has 2 nitrogen and oxygen atoms in total. The van der Waals surface area contributed by atoms with E-state index in [1.165, 1.54) is 42.6 Å². The molecule has 0 aromatic heterocycles. The number of benzene rings is 1. The Kier molecular flexibility index (Phi) is 5.47. The third-order valence-electron chi connectivity index (χ3n) is 4.31. The molecule has 1 fully saturated rings. The van der Waals surface area contributed by atoms with Crippen molar-refractivity contribution in [2.75, 3.05) is 25.0 Å². The Bertz CT molecular complexity index is 421. The van der Waals surface area contributed by atoms with Gasteiger partial charge in [0.05, 0.1) is 0 Å². The van der Waals surface area contributed by atoms with Gasteiger partial charge in [-0.15, -0.1) is 0 Å². The predicted molar refractivity (Wildman–Crippen MR) is 88.3 cm³/mol. The SMILES string of the molecule is Cc1cc(CNCC(C)C)ccc1N(C)CC1CCC1. The molecule has 20 heavy (non-hydrogen) atoms. The molecule has 0 bridgehead atoms. The molecule has 0 saturated heterocycles. The van der Waals surface area contributed by atoms with Gasteiger partial charge in [-0.1, -0.05) is 32.4 Å². The van der Waals surface area contributed by atoms with Crippen molar-refractivity contribution in [1.82, 2.24) is 5.32 Å². The van der Waals surface area contributed by atoms with E-state index in [9.17, 15) is 0 Å². The second kappa shape index (κ2) is 7.12. The zero-order valence-electron chi connectivity index (χ0n) is 13.6. The normalized spacial score (nSPS) is 15.4. The molecule has 0 spiro atoms. The fourth-order valence-electron chi connectivity index (χ4n) is 2.92. The smallest absolute Gasteiger partial charge is 0.0393 e. The number of hydrogen-bond acceptors (Lipinski definition) is 2. The first-order valence-electron chi connectivity index (χ1n) is 8.07. The highest BCUT2D eigenvalue weighted by molar-refractivity contribution is 5.54. The Morgan fingerprint density at radius 3 is 2.60 bits per heavy atom. The molecule has 0 heterocycles. The molecule has 0 amide bonds. The Morgan fingerprint density at radius 1 is 1.30 bits per heavy atom. The largest absolute Gasteiger partial charge is 0.374 e. The van der Waals surface area contributed by atoms with E-state index in [-0.39, 0.29) is 0 Å². The number of nitrogens with zero attached hydrogens (tertiary/aromatic N) is 1. The van der Waals surface area contributed by atoms with E-state index in [0.717, 1.165) is 19.0 Å². The minimum atomic E-state index is 0.712. The summed E-state index contributed by atoms with van der Waals surface area (Å²) >= 11 is 0. The molecule has 0 radical (unpaired) electrons. The van der Waals surface area contributed by atoms with Crippen LogP contribution in [0.4, 0.5) is 5.69 Å². The highest BCUT2D eigenvalue weighted by atomic mass is 15.1. The van der Waals surface area contributed by atoms with E-state index in [0.29, 0.717) is 5.92 Å². The third kappa shape index (κ3) is 4.24. The average molecular weight is 274 g/mol. The highest BCUT2D eigenvalue weighted by Crippen LogP contribution is 2.29. The van der Waals surface area contributed by atoms with Crippen molar-refractivity contribution in [2.24, 2.45) is 11.8 Å². The van der Waals surface area contributed by atoms with Crippen molar-refractivity contribution in [1.29, 1.82) is 0 Å². The monoisotopic (exact) mass is 274 g/mol. The molecule has 1 saturated carbocycles. The van der Waals surface area contributed by atoms with Crippen LogP contribution in [0.1, 0.15) is 44.2 Å². The standard InChI is InChI=1S/C18H30N2/c1-14(2)11-19-12-17-8-9-18(15(3)10-17)20(4)13-16-6-5-7-16/h8-10,14,16,19H,5-7,11-13H2,1-4H3. The number of hydrogen-bond donors (Lipinski definition) is 1. The number of anilines is 1. The fourth-order valence-corrected chi connectivity index (χ4v) is 2.92. The summed E-state index contributed by atoms with van der Waals surface area (Å²) in [6, 6.07) is 6.90. The first-order valence-corrected chi connectivity index (χ1v) is 8.07. The lowest BCUT2D eigenvalue weighted by molar-refractivity contribution is 0.321. The van der Waals surface area contributed by atoms with E-state index >= 15 is 0 Å². The van der Waals surface area contributed by atoms with Gasteiger partial charge in [-0.3, -0.25) is 0 Å². The van der Waals surface area contributed by atoms with E-state index in [1.807, 2.05) is 0 Å². The average Bonchev–Trinajstić information content (AvgIpc) is 2.33. The second-order valence-corrected chi connectivity index (χ2v) is 6.82. The molecular weight excluding hydrogens is 244 g/mol. The van der Waals surface area contributed by atoms with Gasteiger partial charge in [-0.05, 0) is 55.3 Å². The number of rotatable bonds is 7. The molecule has 2 heteroatoms. The van der Waals surface area contributed by atoms with Crippen molar-refractivity contribution in [2.45, 2.75) is 46.6 Å². The molecule has 0 unspecified atom stereocenters. The lowest BCUT2D eigenvalue weighted by atomic mass is 9.85. The Labute approximate surface area is 124 Å². The quantitative estimate of drug-likeness (QED) is 0.809. The van der Waals surface area contributed by atoms with Crippen LogP contribution in [-0.2, 0) is 6.54 Å². The van der Waals surface area contributed by atoms with Crippen LogP contribution in [0.25, 0.3) is 0 Å². The molecule has 1 aliphatic rings. The Morgan fingerprint density at radius 2 is 2.05 bits per heavy atom. The zero-order valence-corrected chi connectivity index (χ0v) is 13.6. The van der Waals surface area contributed by atoms with Gasteiger partial charge in [-0.25, -0.2) is 0 Å². The Balaban J connectivity index is 1.90. The van der Waals surface area contributed by atoms with E-state index in [4.69, 9.17) is 0 Å². The van der Waals surface area contributed by atoms with E-state index in [2.05, 4.69) is 56.2 Å². The van der Waals surface area contributed by atoms with Gasteiger partial charge in [0, 0.05) is 25.8 Å². The second-order valence-electron chi connectivity index (χ2n) is 6.82. The minimum Gasteiger partial charge on any atom is -0.374 e. The summed E-state index contributed by atoms with van der Waals surface area (Å²) in [7, 11) is 2.23. The van der Waals surface area contributed by atoms with Crippen LogP contribution in [0.3, 0.4) is 0 Å². The predicted octanol–water partition coefficient (Wildman–Crippen LogP) is 3.98. The fraction of sp³-hybridized carbons (Fsp3) is 0.667. The van der Waals surface area contributed by atoms with Gasteiger partial charge in [0.2, 0.25) is 0 Å². The highest BCUT2D eigenvalue weighted by Gasteiger charge is 2.19. The molecule has 2 rings (SSSR count). The summed E-state index contributed by atoms with van der Waals surface area (Å²) in [6.07, 6.45) is 4.26. The third-order valence-corrected chi connectivity index (χ3v) is 4.31. The van der Waals surface area contributed by atoms with Crippen molar-refractivity contribution in [3.8, 4) is 0 Å². The molecule has 0 atom stereocenters. The summed E-state index contributed by atoms with van der Waals surface area (Å²) in [5.41, 5.74) is 4.18. The van der Waals surface area contributed by atoms with Crippen molar-refractivity contribution < 1.29 is 0 Å². The van der Waals surface area contributed by atoms with Gasteiger partial charge in [0.25, 0.3) is 0 Å². The van der Waals surface area contributed by atoms with Crippen LogP contribution >= 0.6 is 0 Å². The zero-order chi connectivity index (χ0) is 14.5. The summed E-state index contributed by atoms with van der Waals surface area (Å²) in [4.78, 5) is 2.44. The van der Waals surface area contributed by atoms with Gasteiger partial charge in [0.1, 0.15) is 0 Å². The topological polar surface area (TPSA) is 15.3 Å². The van der Waals surface area contributed by atoms with Gasteiger partial charge in [0.15, 0.2) is 0 Å². The molecule has 1 aromatic rings. The molecule has 1 N–H and O–H groups in total. The van der Waals surface area contributed by atoms with Crippen molar-refractivity contribution in [3.63, 3.8) is 0 Å². The molecule has 1 aromatic carbocycles.